The molecule has 4 rings (SSSR count). The Morgan fingerprint density at radius 1 is 1.07 bits per heavy atom. The second-order valence-electron chi connectivity index (χ2n) is 6.77. The first-order chi connectivity index (χ1) is 14.5. The van der Waals surface area contributed by atoms with Gasteiger partial charge in [0.15, 0.2) is 5.11 Å². The number of para-hydroxylation sites is 1. The Bertz CT molecular complexity index is 1060. The number of anilines is 2. The van der Waals surface area contributed by atoms with Crippen LogP contribution in [0, 0.1) is 0 Å². The average molecular weight is 484 g/mol. The summed E-state index contributed by atoms with van der Waals surface area (Å²) in [4.78, 5) is 29.2. The smallest absolute Gasteiger partial charge is 0.256 e. The molecule has 1 saturated heterocycles. The molecule has 0 spiro atoms. The minimum atomic E-state index is -0.724. The van der Waals surface area contributed by atoms with Crippen LogP contribution in [0.15, 0.2) is 81.9 Å². The monoisotopic (exact) mass is 483 g/mol. The molecule has 1 atom stereocenters. The van der Waals surface area contributed by atoms with Gasteiger partial charge in [-0.05, 0) is 60.7 Å². The first-order valence-electron chi connectivity index (χ1n) is 9.30. The lowest BCUT2D eigenvalue weighted by Gasteiger charge is -2.22. The number of hydrogen-bond donors (Lipinski definition) is 1. The second kappa shape index (κ2) is 8.81. The molecule has 152 valence electrons. The van der Waals surface area contributed by atoms with Gasteiger partial charge in [0, 0.05) is 10.2 Å². The Morgan fingerprint density at radius 3 is 2.47 bits per heavy atom. The van der Waals surface area contributed by atoms with Gasteiger partial charge in [-0.15, -0.1) is 0 Å². The largest absolute Gasteiger partial charge is 0.467 e. The number of rotatable bonds is 6. The van der Waals surface area contributed by atoms with E-state index in [9.17, 15) is 9.59 Å². The molecule has 2 aromatic carbocycles. The van der Waals surface area contributed by atoms with Crippen molar-refractivity contribution in [2.24, 2.45) is 0 Å². The maximum atomic E-state index is 13.3. The minimum absolute atomic E-state index is 0.0287. The first-order valence-corrected chi connectivity index (χ1v) is 10.5. The number of furan rings is 1. The maximum absolute atomic E-state index is 13.3. The molecule has 2 heterocycles. The molecule has 1 N–H and O–H groups in total. The molecule has 0 unspecified atom stereocenters. The summed E-state index contributed by atoms with van der Waals surface area (Å²) >= 11 is 8.99. The predicted octanol–water partition coefficient (Wildman–Crippen LogP) is 4.57. The third-order valence-corrected chi connectivity index (χ3v) is 5.69. The van der Waals surface area contributed by atoms with Crippen LogP contribution in [0.2, 0.25) is 0 Å². The zero-order chi connectivity index (χ0) is 21.1. The van der Waals surface area contributed by atoms with E-state index in [1.54, 1.807) is 29.4 Å². The van der Waals surface area contributed by atoms with Crippen molar-refractivity contribution in [3.8, 4) is 0 Å². The number of carbonyl (C=O) groups is 2. The molecular formula is C22H18BrN3O3S. The van der Waals surface area contributed by atoms with Crippen LogP contribution in [-0.2, 0) is 16.1 Å². The molecule has 0 bridgehead atoms. The summed E-state index contributed by atoms with van der Waals surface area (Å²) in [5.74, 6) is 0.167. The van der Waals surface area contributed by atoms with E-state index in [1.165, 1.54) is 4.90 Å². The van der Waals surface area contributed by atoms with E-state index in [4.69, 9.17) is 16.6 Å². The van der Waals surface area contributed by atoms with Crippen LogP contribution in [0.4, 0.5) is 11.4 Å². The molecule has 1 aliphatic rings. The first kappa shape index (κ1) is 20.3. The van der Waals surface area contributed by atoms with Gasteiger partial charge in [0.1, 0.15) is 11.8 Å². The number of thiocarbonyl (C=S) groups is 1. The molecule has 1 aromatic heterocycles. The van der Waals surface area contributed by atoms with Crippen molar-refractivity contribution in [2.75, 3.05) is 10.2 Å². The third kappa shape index (κ3) is 4.29. The quantitative estimate of drug-likeness (QED) is 0.520. The highest BCUT2D eigenvalue weighted by Gasteiger charge is 2.44. The SMILES string of the molecule is O=C(C[C@@H]1C(=O)N(c2ccccc2)C(=S)N1Cc1ccco1)Nc1ccc(Br)cc1. The van der Waals surface area contributed by atoms with Gasteiger partial charge < -0.3 is 14.6 Å². The molecule has 0 aliphatic carbocycles. The van der Waals surface area contributed by atoms with Crippen LogP contribution in [0.1, 0.15) is 12.2 Å². The number of benzene rings is 2. The summed E-state index contributed by atoms with van der Waals surface area (Å²) < 4.78 is 6.36. The van der Waals surface area contributed by atoms with Crippen molar-refractivity contribution < 1.29 is 14.0 Å². The van der Waals surface area contributed by atoms with Crippen molar-refractivity contribution in [3.63, 3.8) is 0 Å². The average Bonchev–Trinajstić information content (AvgIpc) is 3.33. The van der Waals surface area contributed by atoms with E-state index in [-0.39, 0.29) is 18.2 Å². The fourth-order valence-electron chi connectivity index (χ4n) is 3.32. The molecule has 0 radical (unpaired) electrons. The van der Waals surface area contributed by atoms with Gasteiger partial charge >= 0.3 is 0 Å². The number of carbonyl (C=O) groups excluding carboxylic acids is 2. The Labute approximate surface area is 187 Å². The van der Waals surface area contributed by atoms with Crippen LogP contribution in [0.3, 0.4) is 0 Å². The van der Waals surface area contributed by atoms with Crippen molar-refractivity contribution in [1.82, 2.24) is 4.90 Å². The molecule has 2 amide bonds. The van der Waals surface area contributed by atoms with Crippen LogP contribution in [0.5, 0.6) is 0 Å². The lowest BCUT2D eigenvalue weighted by atomic mass is 10.1. The van der Waals surface area contributed by atoms with Crippen molar-refractivity contribution >= 4 is 56.4 Å². The number of nitrogens with zero attached hydrogens (tertiary/aromatic N) is 2. The van der Waals surface area contributed by atoms with Gasteiger partial charge in [0.05, 0.1) is 24.9 Å². The lowest BCUT2D eigenvalue weighted by molar-refractivity contribution is -0.124. The molecule has 3 aromatic rings. The number of amides is 2. The number of nitrogens with one attached hydrogen (secondary N) is 1. The van der Waals surface area contributed by atoms with E-state index < -0.39 is 6.04 Å². The topological polar surface area (TPSA) is 65.8 Å². The summed E-state index contributed by atoms with van der Waals surface area (Å²) in [6.45, 7) is 0.303. The fourth-order valence-corrected chi connectivity index (χ4v) is 3.97. The zero-order valence-corrected chi connectivity index (χ0v) is 18.2. The predicted molar refractivity (Wildman–Crippen MR) is 122 cm³/mol. The highest BCUT2D eigenvalue weighted by atomic mass is 79.9. The van der Waals surface area contributed by atoms with E-state index in [1.807, 2.05) is 48.5 Å². The summed E-state index contributed by atoms with van der Waals surface area (Å²) in [5, 5.41) is 3.19. The van der Waals surface area contributed by atoms with Crippen molar-refractivity contribution in [1.29, 1.82) is 0 Å². The molecule has 30 heavy (non-hydrogen) atoms. The van der Waals surface area contributed by atoms with Gasteiger partial charge in [-0.25, -0.2) is 0 Å². The Morgan fingerprint density at radius 2 is 1.80 bits per heavy atom. The van der Waals surface area contributed by atoms with Gasteiger partial charge in [-0.2, -0.15) is 0 Å². The highest BCUT2D eigenvalue weighted by molar-refractivity contribution is 9.10. The maximum Gasteiger partial charge on any atom is 0.256 e. The molecule has 1 aliphatic heterocycles. The molecule has 8 heteroatoms. The fraction of sp³-hybridized carbons (Fsp3) is 0.136. The van der Waals surface area contributed by atoms with Gasteiger partial charge in [-0.1, -0.05) is 34.1 Å². The van der Waals surface area contributed by atoms with Crippen LogP contribution in [0.25, 0.3) is 0 Å². The zero-order valence-electron chi connectivity index (χ0n) is 15.8. The van der Waals surface area contributed by atoms with Gasteiger partial charge in [-0.3, -0.25) is 14.5 Å². The number of halogens is 1. The lowest BCUT2D eigenvalue weighted by Crippen LogP contribution is -2.37. The van der Waals surface area contributed by atoms with E-state index in [0.29, 0.717) is 28.8 Å². The van der Waals surface area contributed by atoms with E-state index in [2.05, 4.69) is 21.2 Å². The number of hydrogen-bond acceptors (Lipinski definition) is 4. The Kier molecular flexibility index (Phi) is 5.96. The highest BCUT2D eigenvalue weighted by Crippen LogP contribution is 2.29. The third-order valence-electron chi connectivity index (χ3n) is 4.75. The van der Waals surface area contributed by atoms with Crippen molar-refractivity contribution in [3.05, 3.63) is 83.2 Å². The molecule has 1 fully saturated rings. The summed E-state index contributed by atoms with van der Waals surface area (Å²) in [6, 6.07) is 19.3. The normalized spacial score (nSPS) is 16.2. The Balaban J connectivity index is 1.57. The summed E-state index contributed by atoms with van der Waals surface area (Å²) in [6.07, 6.45) is 1.54. The van der Waals surface area contributed by atoms with Crippen LogP contribution in [-0.4, -0.2) is 27.9 Å². The molecular weight excluding hydrogens is 466 g/mol. The van der Waals surface area contributed by atoms with Crippen LogP contribution >= 0.6 is 28.1 Å². The van der Waals surface area contributed by atoms with Crippen LogP contribution < -0.4 is 10.2 Å². The van der Waals surface area contributed by atoms with E-state index >= 15 is 0 Å². The van der Waals surface area contributed by atoms with E-state index in [0.717, 1.165) is 4.47 Å². The standard InChI is InChI=1S/C22H18BrN3O3S/c23-15-8-10-16(11-9-15)24-20(27)13-19-21(28)26(17-5-2-1-3-6-17)22(30)25(19)14-18-7-4-12-29-18/h1-12,19H,13-14H2,(H,24,27)/t19-/m1/s1. The molecule has 0 saturated carbocycles. The van der Waals surface area contributed by atoms with Gasteiger partial charge in [0.25, 0.3) is 5.91 Å². The molecule has 6 nitrogen and oxygen atoms in total. The van der Waals surface area contributed by atoms with Gasteiger partial charge in [0.2, 0.25) is 5.91 Å². The van der Waals surface area contributed by atoms with Crippen molar-refractivity contribution in [2.45, 2.75) is 19.0 Å². The summed E-state index contributed by atoms with van der Waals surface area (Å²) in [7, 11) is 0. The second-order valence-corrected chi connectivity index (χ2v) is 8.05. The summed E-state index contributed by atoms with van der Waals surface area (Å²) in [5.41, 5.74) is 1.33. The Hall–Kier alpha value is -2.97. The minimum Gasteiger partial charge on any atom is -0.467 e.